The molecule has 0 aromatic rings. The summed E-state index contributed by atoms with van der Waals surface area (Å²) >= 11 is 0. The Morgan fingerprint density at radius 1 is 1.50 bits per heavy atom. The molecule has 0 fully saturated rings. The summed E-state index contributed by atoms with van der Waals surface area (Å²) in [5.41, 5.74) is 0. The van der Waals surface area contributed by atoms with Gasteiger partial charge in [0, 0.05) is 0 Å². The third-order valence-corrected chi connectivity index (χ3v) is 1.96. The van der Waals surface area contributed by atoms with E-state index in [0.29, 0.717) is 6.61 Å². The minimum atomic E-state index is -0.276. The maximum absolute atomic E-state index is 9.27. The molecule has 0 aromatic carbocycles. The van der Waals surface area contributed by atoms with Crippen molar-refractivity contribution in [3.05, 3.63) is 24.8 Å². The van der Waals surface area contributed by atoms with Crippen molar-refractivity contribution < 1.29 is 9.84 Å². The highest BCUT2D eigenvalue weighted by molar-refractivity contribution is 4.97. The highest BCUT2D eigenvalue weighted by Crippen LogP contribution is 2.14. The van der Waals surface area contributed by atoms with Gasteiger partial charge in [0.1, 0.15) is 0 Å². The second-order valence-electron chi connectivity index (χ2n) is 3.04. The molecule has 2 nitrogen and oxygen atoms in total. The van der Waals surface area contributed by atoms with Crippen LogP contribution in [0.25, 0.3) is 0 Å². The van der Waals surface area contributed by atoms with Gasteiger partial charge >= 0.3 is 0 Å². The predicted octanol–water partition coefficient (Wildman–Crippen LogP) is 1.66. The summed E-state index contributed by atoms with van der Waals surface area (Å²) in [6.45, 7) is 4.17. The molecule has 0 aliphatic heterocycles. The molecule has 1 aliphatic carbocycles. The molecular formula is C10H16O2. The summed E-state index contributed by atoms with van der Waals surface area (Å²) in [6, 6.07) is 0. The van der Waals surface area contributed by atoms with Crippen LogP contribution in [0.15, 0.2) is 24.8 Å². The van der Waals surface area contributed by atoms with E-state index >= 15 is 0 Å². The van der Waals surface area contributed by atoms with Crippen LogP contribution in [0.2, 0.25) is 0 Å². The van der Waals surface area contributed by atoms with E-state index in [9.17, 15) is 5.11 Å². The van der Waals surface area contributed by atoms with Gasteiger partial charge in [-0.25, -0.2) is 0 Å². The van der Waals surface area contributed by atoms with Crippen molar-refractivity contribution in [1.82, 2.24) is 0 Å². The summed E-state index contributed by atoms with van der Waals surface area (Å²) in [7, 11) is 0. The van der Waals surface area contributed by atoms with Gasteiger partial charge < -0.3 is 9.84 Å². The first-order chi connectivity index (χ1) is 5.83. The predicted molar refractivity (Wildman–Crippen MR) is 48.9 cm³/mol. The molecule has 1 N–H and O–H groups in total. The zero-order chi connectivity index (χ0) is 8.81. The first-order valence-electron chi connectivity index (χ1n) is 4.42. The lowest BCUT2D eigenvalue weighted by atomic mass is 10.2. The average molecular weight is 168 g/mol. The van der Waals surface area contributed by atoms with Gasteiger partial charge in [-0.15, -0.1) is 6.58 Å². The van der Waals surface area contributed by atoms with Crippen molar-refractivity contribution >= 4 is 0 Å². The van der Waals surface area contributed by atoms with Crippen LogP contribution in [-0.4, -0.2) is 23.9 Å². The Bertz CT molecular complexity index is 163. The van der Waals surface area contributed by atoms with Crippen molar-refractivity contribution in [3.8, 4) is 0 Å². The van der Waals surface area contributed by atoms with E-state index in [1.807, 2.05) is 12.2 Å². The van der Waals surface area contributed by atoms with E-state index in [1.54, 1.807) is 6.08 Å². The van der Waals surface area contributed by atoms with Crippen LogP contribution in [0.1, 0.15) is 19.3 Å². The maximum Gasteiger partial charge on any atom is 0.0761 e. The molecule has 0 unspecified atom stereocenters. The van der Waals surface area contributed by atoms with Crippen molar-refractivity contribution in [2.24, 2.45) is 0 Å². The molecule has 0 radical (unpaired) electrons. The largest absolute Gasteiger partial charge is 0.389 e. The third-order valence-electron chi connectivity index (χ3n) is 1.96. The number of hydrogen-bond donors (Lipinski definition) is 1. The topological polar surface area (TPSA) is 29.5 Å². The van der Waals surface area contributed by atoms with Gasteiger partial charge in [-0.05, 0) is 19.3 Å². The minimum Gasteiger partial charge on any atom is -0.389 e. The molecule has 1 aliphatic rings. The van der Waals surface area contributed by atoms with Crippen molar-refractivity contribution in [1.29, 1.82) is 0 Å². The van der Waals surface area contributed by atoms with Crippen molar-refractivity contribution in [2.75, 3.05) is 6.61 Å². The SMILES string of the molecule is C=CCO[C@@H]1C=C[C@H](O)CCC1. The Labute approximate surface area is 73.5 Å². The summed E-state index contributed by atoms with van der Waals surface area (Å²) < 4.78 is 5.44. The molecule has 1 rings (SSSR count). The summed E-state index contributed by atoms with van der Waals surface area (Å²) in [5.74, 6) is 0. The lowest BCUT2D eigenvalue weighted by molar-refractivity contribution is 0.102. The standard InChI is InChI=1S/C10H16O2/c1-2-8-12-10-5-3-4-9(11)6-7-10/h2,6-7,9-11H,1,3-5,8H2/t9-,10+/m1/s1. The van der Waals surface area contributed by atoms with E-state index in [1.165, 1.54) is 0 Å². The molecule has 2 atom stereocenters. The Morgan fingerprint density at radius 3 is 3.08 bits per heavy atom. The quantitative estimate of drug-likeness (QED) is 0.649. The van der Waals surface area contributed by atoms with Crippen LogP contribution in [0.5, 0.6) is 0 Å². The van der Waals surface area contributed by atoms with Crippen molar-refractivity contribution in [2.45, 2.75) is 31.5 Å². The van der Waals surface area contributed by atoms with E-state index in [0.717, 1.165) is 19.3 Å². The number of rotatable bonds is 3. The molecule has 0 heterocycles. The van der Waals surface area contributed by atoms with Crippen LogP contribution in [0, 0.1) is 0 Å². The maximum atomic E-state index is 9.27. The zero-order valence-electron chi connectivity index (χ0n) is 7.28. The van der Waals surface area contributed by atoms with Gasteiger partial charge in [0.25, 0.3) is 0 Å². The Kier molecular flexibility index (Phi) is 4.05. The lowest BCUT2D eigenvalue weighted by Crippen LogP contribution is -2.08. The Morgan fingerprint density at radius 2 is 2.33 bits per heavy atom. The number of hydrogen-bond acceptors (Lipinski definition) is 2. The fourth-order valence-corrected chi connectivity index (χ4v) is 1.30. The Balaban J connectivity index is 2.33. The van der Waals surface area contributed by atoms with Crippen LogP contribution in [-0.2, 0) is 4.74 Å². The normalized spacial score (nSPS) is 29.8. The molecule has 0 bridgehead atoms. The van der Waals surface area contributed by atoms with Crippen molar-refractivity contribution in [3.63, 3.8) is 0 Å². The second-order valence-corrected chi connectivity index (χ2v) is 3.04. The summed E-state index contributed by atoms with van der Waals surface area (Å²) in [5, 5.41) is 9.27. The van der Waals surface area contributed by atoms with Gasteiger partial charge in [-0.3, -0.25) is 0 Å². The number of aliphatic hydroxyl groups excluding tert-OH is 1. The van der Waals surface area contributed by atoms with Crippen LogP contribution < -0.4 is 0 Å². The first-order valence-corrected chi connectivity index (χ1v) is 4.42. The molecule has 0 saturated carbocycles. The zero-order valence-corrected chi connectivity index (χ0v) is 7.28. The average Bonchev–Trinajstić information content (AvgIpc) is 2.27. The van der Waals surface area contributed by atoms with Crippen LogP contribution >= 0.6 is 0 Å². The molecule has 2 heteroatoms. The smallest absolute Gasteiger partial charge is 0.0761 e. The fourth-order valence-electron chi connectivity index (χ4n) is 1.30. The van der Waals surface area contributed by atoms with E-state index in [4.69, 9.17) is 4.74 Å². The van der Waals surface area contributed by atoms with Gasteiger partial charge in [0.15, 0.2) is 0 Å². The van der Waals surface area contributed by atoms with Gasteiger partial charge in [-0.2, -0.15) is 0 Å². The Hall–Kier alpha value is -0.600. The van der Waals surface area contributed by atoms with E-state index < -0.39 is 0 Å². The van der Waals surface area contributed by atoms with Crippen LogP contribution in [0.4, 0.5) is 0 Å². The first kappa shape index (κ1) is 9.49. The highest BCUT2D eigenvalue weighted by Gasteiger charge is 2.10. The molecular weight excluding hydrogens is 152 g/mol. The molecule has 0 amide bonds. The second kappa shape index (κ2) is 5.12. The highest BCUT2D eigenvalue weighted by atomic mass is 16.5. The van der Waals surface area contributed by atoms with Gasteiger partial charge in [0.05, 0.1) is 18.8 Å². The van der Waals surface area contributed by atoms with E-state index in [-0.39, 0.29) is 12.2 Å². The molecule has 0 saturated heterocycles. The van der Waals surface area contributed by atoms with E-state index in [2.05, 4.69) is 6.58 Å². The van der Waals surface area contributed by atoms with Gasteiger partial charge in [0.2, 0.25) is 0 Å². The number of ether oxygens (including phenoxy) is 1. The third kappa shape index (κ3) is 3.20. The lowest BCUT2D eigenvalue weighted by Gasteiger charge is -2.09. The number of aliphatic hydroxyl groups is 1. The minimum absolute atomic E-state index is 0.167. The summed E-state index contributed by atoms with van der Waals surface area (Å²) in [4.78, 5) is 0. The molecule has 12 heavy (non-hydrogen) atoms. The molecule has 68 valence electrons. The van der Waals surface area contributed by atoms with Crippen LogP contribution in [0.3, 0.4) is 0 Å². The van der Waals surface area contributed by atoms with Gasteiger partial charge in [-0.1, -0.05) is 18.2 Å². The monoisotopic (exact) mass is 168 g/mol. The summed E-state index contributed by atoms with van der Waals surface area (Å²) in [6.07, 6.45) is 8.28. The molecule has 0 aromatic heterocycles. The molecule has 0 spiro atoms. The fraction of sp³-hybridized carbons (Fsp3) is 0.600.